The maximum absolute atomic E-state index is 12.2. The van der Waals surface area contributed by atoms with Crippen LogP contribution >= 0.6 is 11.5 Å². The third kappa shape index (κ3) is 3.53. The molecule has 1 aliphatic rings. The Labute approximate surface area is 101 Å². The molecule has 0 radical (unpaired) electrons. The van der Waals surface area contributed by atoms with E-state index in [-0.39, 0.29) is 5.13 Å². The van der Waals surface area contributed by atoms with E-state index < -0.39 is 12.0 Å². The van der Waals surface area contributed by atoms with Crippen LogP contribution in [0.4, 0.5) is 18.3 Å². The van der Waals surface area contributed by atoms with Gasteiger partial charge in [-0.1, -0.05) is 0 Å². The predicted molar refractivity (Wildman–Crippen MR) is 59.0 cm³/mol. The zero-order valence-electron chi connectivity index (χ0n) is 9.05. The Bertz CT molecular complexity index is 359. The molecule has 0 spiro atoms. The van der Waals surface area contributed by atoms with Crippen molar-refractivity contribution in [3.05, 3.63) is 5.82 Å². The van der Waals surface area contributed by atoms with E-state index in [1.807, 2.05) is 0 Å². The van der Waals surface area contributed by atoms with Crippen LogP contribution in [-0.4, -0.2) is 29.0 Å². The first kappa shape index (κ1) is 12.6. The van der Waals surface area contributed by atoms with E-state index in [2.05, 4.69) is 20.0 Å². The third-order valence-corrected chi connectivity index (χ3v) is 3.34. The number of nitrogens with zero attached hydrogens (tertiary/aromatic N) is 2. The molecule has 0 aliphatic carbocycles. The van der Waals surface area contributed by atoms with Crippen molar-refractivity contribution in [2.45, 2.75) is 19.0 Å². The van der Waals surface area contributed by atoms with Gasteiger partial charge < -0.3 is 10.6 Å². The summed E-state index contributed by atoms with van der Waals surface area (Å²) in [5, 5.41) is 6.36. The molecule has 1 aromatic heterocycles. The maximum atomic E-state index is 12.2. The summed E-state index contributed by atoms with van der Waals surface area (Å²) < 4.78 is 39.9. The Balaban J connectivity index is 1.77. The SMILES string of the molecule is FC(F)(F)c1nsc(NCCC2CCNC2)n1. The van der Waals surface area contributed by atoms with Crippen molar-refractivity contribution in [1.29, 1.82) is 0 Å². The van der Waals surface area contributed by atoms with Crippen molar-refractivity contribution in [2.24, 2.45) is 5.92 Å². The summed E-state index contributed by atoms with van der Waals surface area (Å²) in [6.07, 6.45) is -2.38. The molecular formula is C9H13F3N4S. The molecule has 0 amide bonds. The minimum Gasteiger partial charge on any atom is -0.360 e. The molecule has 0 saturated carbocycles. The first-order valence-corrected chi connectivity index (χ1v) is 6.18. The summed E-state index contributed by atoms with van der Waals surface area (Å²) in [6.45, 7) is 2.66. The van der Waals surface area contributed by atoms with Crippen molar-refractivity contribution in [2.75, 3.05) is 25.0 Å². The van der Waals surface area contributed by atoms with Crippen LogP contribution in [0.2, 0.25) is 0 Å². The number of alkyl halides is 3. The van der Waals surface area contributed by atoms with Gasteiger partial charge in [0, 0.05) is 18.1 Å². The number of rotatable bonds is 4. The van der Waals surface area contributed by atoms with Gasteiger partial charge in [0.05, 0.1) is 0 Å². The Morgan fingerprint density at radius 3 is 2.88 bits per heavy atom. The lowest BCUT2D eigenvalue weighted by atomic mass is 10.1. The topological polar surface area (TPSA) is 49.8 Å². The Kier molecular flexibility index (Phi) is 3.82. The lowest BCUT2D eigenvalue weighted by Crippen LogP contribution is -2.13. The minimum absolute atomic E-state index is 0.239. The second-order valence-electron chi connectivity index (χ2n) is 4.00. The van der Waals surface area contributed by atoms with Crippen LogP contribution < -0.4 is 10.6 Å². The molecule has 2 N–H and O–H groups in total. The zero-order chi connectivity index (χ0) is 12.3. The van der Waals surface area contributed by atoms with Gasteiger partial charge in [0.2, 0.25) is 11.0 Å². The number of hydrogen-bond acceptors (Lipinski definition) is 5. The first-order chi connectivity index (χ1) is 8.05. The quantitative estimate of drug-likeness (QED) is 0.874. The van der Waals surface area contributed by atoms with Gasteiger partial charge in [-0.05, 0) is 31.8 Å². The van der Waals surface area contributed by atoms with Crippen LogP contribution in [0, 0.1) is 5.92 Å². The maximum Gasteiger partial charge on any atom is 0.452 e. The second-order valence-corrected chi connectivity index (χ2v) is 4.75. The van der Waals surface area contributed by atoms with Crippen molar-refractivity contribution < 1.29 is 13.2 Å². The Hall–Kier alpha value is -0.890. The van der Waals surface area contributed by atoms with Crippen molar-refractivity contribution in [3.63, 3.8) is 0 Å². The highest BCUT2D eigenvalue weighted by Gasteiger charge is 2.36. The summed E-state index contributed by atoms with van der Waals surface area (Å²) in [6, 6.07) is 0. The highest BCUT2D eigenvalue weighted by Crippen LogP contribution is 2.28. The van der Waals surface area contributed by atoms with Gasteiger partial charge >= 0.3 is 6.18 Å². The highest BCUT2D eigenvalue weighted by atomic mass is 32.1. The van der Waals surface area contributed by atoms with Gasteiger partial charge in [-0.25, -0.2) is 0 Å². The van der Waals surface area contributed by atoms with E-state index in [0.717, 1.165) is 37.5 Å². The number of halogens is 3. The average Bonchev–Trinajstić information content (AvgIpc) is 2.86. The van der Waals surface area contributed by atoms with E-state index in [1.54, 1.807) is 0 Å². The Morgan fingerprint density at radius 1 is 1.47 bits per heavy atom. The molecule has 0 bridgehead atoms. The Morgan fingerprint density at radius 2 is 2.29 bits per heavy atom. The van der Waals surface area contributed by atoms with Crippen LogP contribution in [0.5, 0.6) is 0 Å². The van der Waals surface area contributed by atoms with Crippen molar-refractivity contribution in [1.82, 2.24) is 14.7 Å². The normalized spacial score (nSPS) is 20.8. The fourth-order valence-corrected chi connectivity index (χ4v) is 2.37. The molecule has 4 nitrogen and oxygen atoms in total. The average molecular weight is 266 g/mol. The van der Waals surface area contributed by atoms with Gasteiger partial charge in [-0.3, -0.25) is 0 Å². The van der Waals surface area contributed by atoms with Crippen LogP contribution in [0.3, 0.4) is 0 Å². The molecule has 1 aliphatic heterocycles. The lowest BCUT2D eigenvalue weighted by molar-refractivity contribution is -0.144. The van der Waals surface area contributed by atoms with Crippen molar-refractivity contribution in [3.8, 4) is 0 Å². The molecule has 2 heterocycles. The van der Waals surface area contributed by atoms with Crippen molar-refractivity contribution >= 4 is 16.7 Å². The second kappa shape index (κ2) is 5.18. The van der Waals surface area contributed by atoms with Gasteiger partial charge in [-0.15, -0.1) is 0 Å². The molecule has 17 heavy (non-hydrogen) atoms. The largest absolute Gasteiger partial charge is 0.452 e. The molecule has 1 fully saturated rings. The van der Waals surface area contributed by atoms with E-state index >= 15 is 0 Å². The summed E-state index contributed by atoms with van der Waals surface area (Å²) >= 11 is 0.751. The molecule has 1 saturated heterocycles. The van der Waals surface area contributed by atoms with E-state index in [0.29, 0.717) is 12.5 Å². The molecule has 0 aromatic carbocycles. The smallest absolute Gasteiger partial charge is 0.360 e. The summed E-state index contributed by atoms with van der Waals surface area (Å²) in [5.41, 5.74) is 0. The number of aromatic nitrogens is 2. The molecule has 96 valence electrons. The molecule has 1 unspecified atom stereocenters. The standard InChI is InChI=1S/C9H13F3N4S/c10-9(11,12)7-15-8(17-16-7)14-4-2-6-1-3-13-5-6/h6,13H,1-5H2,(H,14,15,16). The van der Waals surface area contributed by atoms with Gasteiger partial charge in [0.15, 0.2) is 0 Å². The number of hydrogen-bond donors (Lipinski definition) is 2. The van der Waals surface area contributed by atoms with Crippen LogP contribution in [0.15, 0.2) is 0 Å². The number of anilines is 1. The fraction of sp³-hybridized carbons (Fsp3) is 0.778. The zero-order valence-corrected chi connectivity index (χ0v) is 9.87. The van der Waals surface area contributed by atoms with E-state index in [1.165, 1.54) is 0 Å². The molecule has 1 aromatic rings. The lowest BCUT2D eigenvalue weighted by Gasteiger charge is -2.07. The summed E-state index contributed by atoms with van der Waals surface area (Å²) in [5.74, 6) is -0.454. The van der Waals surface area contributed by atoms with E-state index in [4.69, 9.17) is 0 Å². The molecule has 1 atom stereocenters. The molecular weight excluding hydrogens is 253 g/mol. The number of nitrogens with one attached hydrogen (secondary N) is 2. The highest BCUT2D eigenvalue weighted by molar-refractivity contribution is 7.09. The predicted octanol–water partition coefficient (Wildman–Crippen LogP) is 1.97. The summed E-state index contributed by atoms with van der Waals surface area (Å²) in [4.78, 5) is 3.40. The van der Waals surface area contributed by atoms with Gasteiger partial charge in [-0.2, -0.15) is 22.5 Å². The van der Waals surface area contributed by atoms with Crippen LogP contribution in [0.25, 0.3) is 0 Å². The molecule has 8 heteroatoms. The van der Waals surface area contributed by atoms with E-state index in [9.17, 15) is 13.2 Å². The van der Waals surface area contributed by atoms with Crippen LogP contribution in [0.1, 0.15) is 18.7 Å². The summed E-state index contributed by atoms with van der Waals surface area (Å²) in [7, 11) is 0. The third-order valence-electron chi connectivity index (χ3n) is 2.67. The molecule has 2 rings (SSSR count). The van der Waals surface area contributed by atoms with Gasteiger partial charge in [0.1, 0.15) is 0 Å². The first-order valence-electron chi connectivity index (χ1n) is 5.41. The minimum atomic E-state index is -4.45. The van der Waals surface area contributed by atoms with Gasteiger partial charge in [0.25, 0.3) is 0 Å². The monoisotopic (exact) mass is 266 g/mol. The fourth-order valence-electron chi connectivity index (χ4n) is 1.75. The van der Waals surface area contributed by atoms with Crippen LogP contribution in [-0.2, 0) is 6.18 Å².